The summed E-state index contributed by atoms with van der Waals surface area (Å²) < 4.78 is 38.8. The van der Waals surface area contributed by atoms with E-state index in [0.717, 1.165) is 44.9 Å². The highest BCUT2D eigenvalue weighted by molar-refractivity contribution is 5.43. The van der Waals surface area contributed by atoms with Crippen molar-refractivity contribution in [2.75, 3.05) is 0 Å². The van der Waals surface area contributed by atoms with Crippen LogP contribution in [0, 0.1) is 28.6 Å². The summed E-state index contributed by atoms with van der Waals surface area (Å²) in [5, 5.41) is 21.0. The molecule has 2 fully saturated rings. The van der Waals surface area contributed by atoms with Gasteiger partial charge in [-0.1, -0.05) is 38.8 Å². The normalized spacial score (nSPS) is 37.3. The number of hydrogen-bond donors (Lipinski definition) is 2. The van der Waals surface area contributed by atoms with Crippen molar-refractivity contribution in [2.24, 2.45) is 28.6 Å². The number of aromatic hydroxyl groups is 1. The van der Waals surface area contributed by atoms with E-state index < -0.39 is 12.1 Å². The van der Waals surface area contributed by atoms with E-state index in [0.29, 0.717) is 12.3 Å². The van der Waals surface area contributed by atoms with E-state index in [4.69, 9.17) is 0 Å². The fourth-order valence-electron chi connectivity index (χ4n) is 7.71. The summed E-state index contributed by atoms with van der Waals surface area (Å²) in [5.41, 5.74) is 2.16. The Morgan fingerprint density at radius 3 is 2.69 bits per heavy atom. The van der Waals surface area contributed by atoms with Gasteiger partial charge in [-0.25, -0.2) is 0 Å². The molecule has 7 atom stereocenters. The van der Waals surface area contributed by atoms with E-state index in [-0.39, 0.29) is 40.9 Å². The molecule has 7 unspecified atom stereocenters. The second kappa shape index (κ2) is 8.38. The number of fused-ring (bicyclic) bond motifs is 5. The molecule has 2 nitrogen and oxygen atoms in total. The van der Waals surface area contributed by atoms with Gasteiger partial charge in [-0.15, -0.1) is 6.58 Å². The Bertz CT molecular complexity index is 850. The van der Waals surface area contributed by atoms with E-state index in [1.807, 2.05) is 6.07 Å². The molecule has 0 heterocycles. The lowest BCUT2D eigenvalue weighted by atomic mass is 9.44. The topological polar surface area (TPSA) is 40.5 Å². The number of rotatable bonds is 6. The molecule has 5 heteroatoms. The molecule has 1 aromatic carbocycles. The van der Waals surface area contributed by atoms with Gasteiger partial charge in [0.25, 0.3) is 0 Å². The summed E-state index contributed by atoms with van der Waals surface area (Å²) in [7, 11) is 0. The minimum Gasteiger partial charge on any atom is -0.508 e. The molecule has 0 saturated heterocycles. The van der Waals surface area contributed by atoms with Gasteiger partial charge in [0.2, 0.25) is 0 Å². The summed E-state index contributed by atoms with van der Waals surface area (Å²) in [6, 6.07) is 5.69. The number of aliphatic hydroxyl groups excluding tert-OH is 1. The third-order valence-corrected chi connectivity index (χ3v) is 9.38. The van der Waals surface area contributed by atoms with Gasteiger partial charge in [0.05, 0.1) is 12.0 Å². The monoisotopic (exact) mass is 450 g/mol. The molecule has 0 amide bonds. The minimum atomic E-state index is -4.12. The Balaban J connectivity index is 1.63. The average Bonchev–Trinajstić information content (AvgIpc) is 3.04. The number of hydrogen-bond acceptors (Lipinski definition) is 2. The summed E-state index contributed by atoms with van der Waals surface area (Å²) in [4.78, 5) is 0. The summed E-state index contributed by atoms with van der Waals surface area (Å²) >= 11 is 0. The van der Waals surface area contributed by atoms with Crippen LogP contribution in [-0.4, -0.2) is 22.5 Å². The molecule has 1 aromatic rings. The zero-order chi connectivity index (χ0) is 23.3. The zero-order valence-corrected chi connectivity index (χ0v) is 19.3. The van der Waals surface area contributed by atoms with Gasteiger partial charge in [0.15, 0.2) is 0 Å². The minimum absolute atomic E-state index is 0.113. The highest BCUT2D eigenvalue weighted by Gasteiger charge is 2.63. The van der Waals surface area contributed by atoms with Crippen molar-refractivity contribution in [2.45, 2.75) is 89.8 Å². The fraction of sp³-hybridized carbons (Fsp3) is 0.704. The average molecular weight is 451 g/mol. The van der Waals surface area contributed by atoms with Gasteiger partial charge in [-0.3, -0.25) is 0 Å². The first kappa shape index (κ1) is 23.7. The van der Waals surface area contributed by atoms with E-state index in [1.165, 1.54) is 18.1 Å². The molecule has 3 aliphatic rings. The molecular weight excluding hydrogens is 413 g/mol. The first-order chi connectivity index (χ1) is 15.0. The quantitative estimate of drug-likeness (QED) is 0.357. The standard InChI is InChI=1S/C27H37F3O2/c1-4-26-14-13-18-15-20(31)9-10-21(18)24(26)19(8-6-5-7-17(2)27(28,29)30)16-25(3)22(26)11-12-23(25)32/h4,9-10,15,17,19,22-24,31-32H,1,5-8,11-14,16H2,2-3H3. The van der Waals surface area contributed by atoms with Crippen molar-refractivity contribution in [3.8, 4) is 5.75 Å². The Morgan fingerprint density at radius 1 is 1.25 bits per heavy atom. The maximum Gasteiger partial charge on any atom is 0.391 e. The predicted octanol–water partition coefficient (Wildman–Crippen LogP) is 7.15. The van der Waals surface area contributed by atoms with E-state index in [1.54, 1.807) is 6.07 Å². The third-order valence-electron chi connectivity index (χ3n) is 9.38. The Morgan fingerprint density at radius 2 is 2.00 bits per heavy atom. The Kier molecular flexibility index (Phi) is 6.19. The lowest BCUT2D eigenvalue weighted by molar-refractivity contribution is -0.171. The number of aliphatic hydroxyl groups is 1. The van der Waals surface area contributed by atoms with Crippen LogP contribution in [0.15, 0.2) is 30.9 Å². The van der Waals surface area contributed by atoms with Crippen molar-refractivity contribution in [1.29, 1.82) is 0 Å². The highest BCUT2D eigenvalue weighted by Crippen LogP contribution is 2.69. The molecule has 0 spiro atoms. The fourth-order valence-corrected chi connectivity index (χ4v) is 7.71. The Hall–Kier alpha value is -1.49. The second-order valence-corrected chi connectivity index (χ2v) is 11.0. The van der Waals surface area contributed by atoms with Crippen LogP contribution in [0.25, 0.3) is 0 Å². The largest absolute Gasteiger partial charge is 0.508 e. The highest BCUT2D eigenvalue weighted by atomic mass is 19.4. The van der Waals surface area contributed by atoms with Crippen molar-refractivity contribution < 1.29 is 23.4 Å². The van der Waals surface area contributed by atoms with Gasteiger partial charge in [0.1, 0.15) is 5.75 Å². The summed E-state index contributed by atoms with van der Waals surface area (Å²) in [6.07, 6.45) is 4.57. The van der Waals surface area contributed by atoms with Gasteiger partial charge in [-0.2, -0.15) is 13.2 Å². The number of phenolic OH excluding ortho intramolecular Hbond substituents is 1. The molecule has 2 N–H and O–H groups in total. The number of phenols is 1. The maximum absolute atomic E-state index is 12.9. The molecule has 0 bridgehead atoms. The van der Waals surface area contributed by atoms with Crippen molar-refractivity contribution in [3.63, 3.8) is 0 Å². The lowest BCUT2D eigenvalue weighted by Crippen LogP contribution is -2.54. The number of halogens is 3. The molecule has 4 rings (SSSR count). The number of aryl methyl sites for hydroxylation is 1. The van der Waals surface area contributed by atoms with Crippen LogP contribution < -0.4 is 0 Å². The van der Waals surface area contributed by atoms with Crippen LogP contribution in [0.1, 0.15) is 82.3 Å². The lowest BCUT2D eigenvalue weighted by Gasteiger charge is -2.60. The number of benzene rings is 1. The van der Waals surface area contributed by atoms with Crippen molar-refractivity contribution in [1.82, 2.24) is 0 Å². The van der Waals surface area contributed by atoms with Gasteiger partial charge < -0.3 is 10.2 Å². The molecular formula is C27H37F3O2. The van der Waals surface area contributed by atoms with Crippen LogP contribution in [-0.2, 0) is 6.42 Å². The van der Waals surface area contributed by atoms with Crippen LogP contribution in [0.5, 0.6) is 5.75 Å². The van der Waals surface area contributed by atoms with E-state index in [9.17, 15) is 23.4 Å². The molecule has 32 heavy (non-hydrogen) atoms. The van der Waals surface area contributed by atoms with Crippen LogP contribution in [0.2, 0.25) is 0 Å². The molecule has 3 aliphatic carbocycles. The first-order valence-corrected chi connectivity index (χ1v) is 12.2. The van der Waals surface area contributed by atoms with E-state index >= 15 is 0 Å². The van der Waals surface area contributed by atoms with Gasteiger partial charge in [-0.05, 0) is 96.8 Å². The van der Waals surface area contributed by atoms with Crippen LogP contribution >= 0.6 is 0 Å². The number of unbranched alkanes of at least 4 members (excludes halogenated alkanes) is 1. The number of allylic oxidation sites excluding steroid dienone is 1. The summed E-state index contributed by atoms with van der Waals surface area (Å²) in [6.45, 7) is 7.79. The SMILES string of the molecule is C=CC12CCc3cc(O)ccc3C1C(CCCCC(C)C(F)(F)F)CC1(C)C(O)CCC12. The van der Waals surface area contributed by atoms with Gasteiger partial charge >= 0.3 is 6.18 Å². The van der Waals surface area contributed by atoms with Crippen molar-refractivity contribution in [3.05, 3.63) is 42.0 Å². The Labute approximate surface area is 189 Å². The number of alkyl halides is 3. The second-order valence-electron chi connectivity index (χ2n) is 11.0. The zero-order valence-electron chi connectivity index (χ0n) is 19.3. The van der Waals surface area contributed by atoms with E-state index in [2.05, 4.69) is 25.6 Å². The molecule has 2 saturated carbocycles. The molecule has 0 aliphatic heterocycles. The molecule has 0 aromatic heterocycles. The van der Waals surface area contributed by atoms with Crippen LogP contribution in [0.3, 0.4) is 0 Å². The maximum atomic E-state index is 12.9. The van der Waals surface area contributed by atoms with Gasteiger partial charge in [0, 0.05) is 0 Å². The van der Waals surface area contributed by atoms with Crippen molar-refractivity contribution >= 4 is 0 Å². The smallest absolute Gasteiger partial charge is 0.391 e. The molecule has 178 valence electrons. The molecule has 0 radical (unpaired) electrons. The van der Waals surface area contributed by atoms with Crippen LogP contribution in [0.4, 0.5) is 13.2 Å². The third kappa shape index (κ3) is 3.78. The predicted molar refractivity (Wildman–Crippen MR) is 120 cm³/mol. The summed E-state index contributed by atoms with van der Waals surface area (Å²) in [5.74, 6) is -0.0990. The first-order valence-electron chi connectivity index (χ1n) is 12.2.